The van der Waals surface area contributed by atoms with E-state index in [1.54, 1.807) is 4.98 Å². The van der Waals surface area contributed by atoms with E-state index >= 15 is 0 Å². The summed E-state index contributed by atoms with van der Waals surface area (Å²) in [5.74, 6) is -1.27. The number of H-pyrrole nitrogens is 1. The minimum atomic E-state index is -1.54. The Labute approximate surface area is 104 Å². The molecule has 1 aromatic heterocycles. The first-order valence-corrected chi connectivity index (χ1v) is 5.25. The van der Waals surface area contributed by atoms with Crippen LogP contribution in [-0.4, -0.2) is 56.2 Å². The summed E-state index contributed by atoms with van der Waals surface area (Å²) in [4.78, 5) is 28.5. The van der Waals surface area contributed by atoms with Crippen LogP contribution in [0.4, 0.5) is 4.39 Å². The van der Waals surface area contributed by atoms with Gasteiger partial charge in [-0.3, -0.25) is 9.78 Å². The SMILES string of the molecule is O=c1[nH]c(=O)n(O[C@H]2O[C@H](CO)[C@@H](O)[C@@H]2O)cc1F. The van der Waals surface area contributed by atoms with Gasteiger partial charge in [0.05, 0.1) is 12.8 Å². The average Bonchev–Trinajstić information content (AvgIpc) is 2.63. The van der Waals surface area contributed by atoms with Crippen LogP contribution in [0.1, 0.15) is 0 Å². The molecule has 0 bridgehead atoms. The van der Waals surface area contributed by atoms with E-state index in [2.05, 4.69) is 0 Å². The Morgan fingerprint density at radius 2 is 2.11 bits per heavy atom. The maximum atomic E-state index is 13.0. The molecular formula is C9H11FN2O7. The number of ether oxygens (including phenoxy) is 1. The Kier molecular flexibility index (Phi) is 3.66. The van der Waals surface area contributed by atoms with Crippen molar-refractivity contribution in [3.63, 3.8) is 0 Å². The molecule has 0 radical (unpaired) electrons. The Balaban J connectivity index is 2.21. The van der Waals surface area contributed by atoms with E-state index in [1.165, 1.54) is 0 Å². The minimum Gasteiger partial charge on any atom is -0.394 e. The molecule has 0 saturated carbocycles. The number of halogens is 1. The van der Waals surface area contributed by atoms with E-state index < -0.39 is 48.3 Å². The van der Waals surface area contributed by atoms with Crippen molar-refractivity contribution in [2.45, 2.75) is 24.6 Å². The van der Waals surface area contributed by atoms with Gasteiger partial charge in [-0.1, -0.05) is 0 Å². The van der Waals surface area contributed by atoms with Gasteiger partial charge in [-0.25, -0.2) is 4.79 Å². The summed E-state index contributed by atoms with van der Waals surface area (Å²) in [6.45, 7) is -0.576. The van der Waals surface area contributed by atoms with Gasteiger partial charge in [0.25, 0.3) is 11.8 Å². The highest BCUT2D eigenvalue weighted by atomic mass is 19.1. The topological polar surface area (TPSA) is 134 Å². The number of rotatable bonds is 3. The summed E-state index contributed by atoms with van der Waals surface area (Å²) < 4.78 is 18.2. The number of aromatic amines is 1. The highest BCUT2D eigenvalue weighted by molar-refractivity contribution is 4.88. The zero-order valence-corrected chi connectivity index (χ0v) is 9.39. The second-order valence-corrected chi connectivity index (χ2v) is 3.87. The number of aliphatic hydroxyl groups excluding tert-OH is 3. The molecule has 10 heteroatoms. The predicted molar refractivity (Wildman–Crippen MR) is 55.6 cm³/mol. The van der Waals surface area contributed by atoms with Crippen LogP contribution in [0.5, 0.6) is 0 Å². The third kappa shape index (κ3) is 2.51. The van der Waals surface area contributed by atoms with Crippen LogP contribution in [-0.2, 0) is 4.74 Å². The van der Waals surface area contributed by atoms with Crippen molar-refractivity contribution in [3.05, 3.63) is 32.9 Å². The van der Waals surface area contributed by atoms with Crippen molar-refractivity contribution in [1.82, 2.24) is 9.71 Å². The minimum absolute atomic E-state index is 0.317. The largest absolute Gasteiger partial charge is 0.394 e. The number of aliphatic hydroxyl groups is 3. The molecular weight excluding hydrogens is 267 g/mol. The number of hydrogen-bond donors (Lipinski definition) is 4. The zero-order valence-electron chi connectivity index (χ0n) is 9.39. The summed E-state index contributed by atoms with van der Waals surface area (Å²) in [7, 11) is 0. The molecule has 1 aliphatic rings. The van der Waals surface area contributed by atoms with Crippen molar-refractivity contribution in [1.29, 1.82) is 0 Å². The average molecular weight is 278 g/mol. The van der Waals surface area contributed by atoms with Gasteiger partial charge in [0.15, 0.2) is 0 Å². The smallest absolute Gasteiger partial charge is 0.361 e. The molecule has 4 atom stereocenters. The molecule has 0 spiro atoms. The molecule has 1 fully saturated rings. The summed E-state index contributed by atoms with van der Waals surface area (Å²) >= 11 is 0. The van der Waals surface area contributed by atoms with Crippen LogP contribution < -0.4 is 16.1 Å². The molecule has 2 heterocycles. The Morgan fingerprint density at radius 1 is 1.42 bits per heavy atom. The molecule has 0 unspecified atom stereocenters. The van der Waals surface area contributed by atoms with Crippen molar-refractivity contribution >= 4 is 0 Å². The van der Waals surface area contributed by atoms with E-state index in [9.17, 15) is 24.2 Å². The summed E-state index contributed by atoms with van der Waals surface area (Å²) in [6.07, 6.45) is -5.08. The van der Waals surface area contributed by atoms with E-state index in [-0.39, 0.29) is 0 Å². The maximum Gasteiger partial charge on any atom is 0.361 e. The Hall–Kier alpha value is -1.75. The van der Waals surface area contributed by atoms with Gasteiger partial charge in [-0.2, -0.15) is 4.39 Å². The molecule has 9 nitrogen and oxygen atoms in total. The fourth-order valence-electron chi connectivity index (χ4n) is 1.57. The van der Waals surface area contributed by atoms with Gasteiger partial charge in [0, 0.05) is 0 Å². The van der Waals surface area contributed by atoms with Crippen LogP contribution in [0.3, 0.4) is 0 Å². The Bertz CT molecular complexity index is 570. The molecule has 2 rings (SSSR count). The second kappa shape index (κ2) is 5.09. The number of aromatic nitrogens is 2. The lowest BCUT2D eigenvalue weighted by Crippen LogP contribution is -2.43. The molecule has 1 saturated heterocycles. The summed E-state index contributed by atoms with van der Waals surface area (Å²) in [5, 5.41) is 27.8. The number of nitrogens with one attached hydrogen (secondary N) is 1. The first-order valence-electron chi connectivity index (χ1n) is 5.25. The fraction of sp³-hybridized carbons (Fsp3) is 0.556. The highest BCUT2D eigenvalue weighted by Crippen LogP contribution is 2.19. The standard InChI is InChI=1S/C9H11FN2O7/c10-3-1-12(9(17)11-7(3)16)19-8-6(15)5(14)4(2-13)18-8/h1,4-6,8,13-15H,2H2,(H,11,16,17)/t4-,5-,6+,8-/m1/s1. The van der Waals surface area contributed by atoms with E-state index in [0.717, 1.165) is 0 Å². The zero-order chi connectivity index (χ0) is 14.2. The van der Waals surface area contributed by atoms with E-state index in [4.69, 9.17) is 14.7 Å². The van der Waals surface area contributed by atoms with Gasteiger partial charge in [0.1, 0.15) is 18.3 Å². The van der Waals surface area contributed by atoms with Crippen LogP contribution in [0.15, 0.2) is 15.8 Å². The third-order valence-corrected chi connectivity index (χ3v) is 2.58. The van der Waals surface area contributed by atoms with Gasteiger partial charge in [-0.05, 0) is 0 Å². The van der Waals surface area contributed by atoms with Crippen LogP contribution in [0.2, 0.25) is 0 Å². The van der Waals surface area contributed by atoms with Crippen molar-refractivity contribution in [2.75, 3.05) is 6.61 Å². The predicted octanol–water partition coefficient (Wildman–Crippen LogP) is -3.46. The second-order valence-electron chi connectivity index (χ2n) is 3.87. The molecule has 0 amide bonds. The molecule has 4 N–H and O–H groups in total. The van der Waals surface area contributed by atoms with Crippen molar-refractivity contribution in [2.24, 2.45) is 0 Å². The van der Waals surface area contributed by atoms with Gasteiger partial charge < -0.3 is 24.9 Å². The van der Waals surface area contributed by atoms with Crippen LogP contribution >= 0.6 is 0 Å². The lowest BCUT2D eigenvalue weighted by atomic mass is 10.1. The van der Waals surface area contributed by atoms with Gasteiger partial charge in [0.2, 0.25) is 5.82 Å². The molecule has 1 aliphatic heterocycles. The molecule has 1 aromatic rings. The monoisotopic (exact) mass is 278 g/mol. The first kappa shape index (κ1) is 13.7. The number of hydrogen-bond acceptors (Lipinski definition) is 7. The third-order valence-electron chi connectivity index (χ3n) is 2.58. The Morgan fingerprint density at radius 3 is 2.68 bits per heavy atom. The van der Waals surface area contributed by atoms with E-state index in [1.807, 2.05) is 0 Å². The van der Waals surface area contributed by atoms with E-state index in [0.29, 0.717) is 10.9 Å². The fourth-order valence-corrected chi connectivity index (χ4v) is 1.57. The molecule has 0 aliphatic carbocycles. The first-order chi connectivity index (χ1) is 8.93. The van der Waals surface area contributed by atoms with Crippen LogP contribution in [0, 0.1) is 5.82 Å². The van der Waals surface area contributed by atoms with Crippen molar-refractivity contribution in [3.8, 4) is 0 Å². The lowest BCUT2D eigenvalue weighted by Gasteiger charge is -2.16. The quantitative estimate of drug-likeness (QED) is 0.451. The normalized spacial score (nSPS) is 30.5. The summed E-state index contributed by atoms with van der Waals surface area (Å²) in [6, 6.07) is 0. The molecule has 0 aromatic carbocycles. The van der Waals surface area contributed by atoms with Gasteiger partial charge in [-0.15, -0.1) is 4.73 Å². The van der Waals surface area contributed by atoms with Gasteiger partial charge >= 0.3 is 5.69 Å². The highest BCUT2D eigenvalue weighted by Gasteiger charge is 2.44. The summed E-state index contributed by atoms with van der Waals surface area (Å²) in [5.41, 5.74) is -2.30. The van der Waals surface area contributed by atoms with Crippen molar-refractivity contribution < 1.29 is 29.3 Å². The number of nitrogens with zero attached hydrogens (tertiary/aromatic N) is 1. The maximum absolute atomic E-state index is 13.0. The molecule has 106 valence electrons. The lowest BCUT2D eigenvalue weighted by molar-refractivity contribution is -0.174. The van der Waals surface area contributed by atoms with Crippen LogP contribution in [0.25, 0.3) is 0 Å². The molecule has 19 heavy (non-hydrogen) atoms.